The van der Waals surface area contributed by atoms with Gasteiger partial charge in [-0.05, 0) is 36.4 Å². The maximum Gasteiger partial charge on any atom is 0.175 e. The number of rotatable bonds is 2. The lowest BCUT2D eigenvalue weighted by Gasteiger charge is -2.16. The first kappa shape index (κ1) is 9.79. The monoisotopic (exact) mass is 203 g/mol. The Balaban J connectivity index is 2.51. The van der Waals surface area contributed by atoms with Crippen molar-refractivity contribution in [1.29, 1.82) is 0 Å². The normalized spacial score (nSPS) is 11.7. The quantitative estimate of drug-likeness (QED) is 0.785. The third kappa shape index (κ3) is 1.87. The molecule has 2 rings (SSSR count). The van der Waals surface area contributed by atoms with Gasteiger partial charge in [-0.1, -0.05) is 18.2 Å². The fourth-order valence-electron chi connectivity index (χ4n) is 1.33. The molecule has 0 aliphatic rings. The summed E-state index contributed by atoms with van der Waals surface area (Å²) in [5.74, 6) is 0.647. The smallest absolute Gasteiger partial charge is 0.175 e. The molecular weight excluding hydrogens is 190 g/mol. The second-order valence-corrected chi connectivity index (χ2v) is 3.97. The maximum atomic E-state index is 5.98. The van der Waals surface area contributed by atoms with Crippen LogP contribution in [0.5, 0.6) is 0 Å². The first-order valence-corrected chi connectivity index (χ1v) is 4.72. The van der Waals surface area contributed by atoms with E-state index < -0.39 is 5.54 Å². The Morgan fingerprint density at radius 2 is 1.87 bits per heavy atom. The van der Waals surface area contributed by atoms with Gasteiger partial charge in [-0.25, -0.2) is 0 Å². The van der Waals surface area contributed by atoms with Crippen molar-refractivity contribution in [2.45, 2.75) is 19.4 Å². The van der Waals surface area contributed by atoms with Gasteiger partial charge in [0.2, 0.25) is 0 Å². The van der Waals surface area contributed by atoms with Gasteiger partial charge in [0.05, 0.1) is 11.2 Å². The highest BCUT2D eigenvalue weighted by molar-refractivity contribution is 5.31. The number of hydrogen-bond acceptors (Lipinski definition) is 4. The molecule has 78 valence electrons. The summed E-state index contributed by atoms with van der Waals surface area (Å²) in [4.78, 5) is 0. The number of aromatic nitrogens is 4. The maximum absolute atomic E-state index is 5.98. The molecule has 1 aromatic carbocycles. The minimum Gasteiger partial charge on any atom is -0.319 e. The van der Waals surface area contributed by atoms with Crippen LogP contribution in [-0.2, 0) is 5.54 Å². The first-order valence-electron chi connectivity index (χ1n) is 4.72. The Morgan fingerprint density at radius 1 is 1.20 bits per heavy atom. The topological polar surface area (TPSA) is 69.6 Å². The zero-order valence-corrected chi connectivity index (χ0v) is 8.75. The average molecular weight is 203 g/mol. The summed E-state index contributed by atoms with van der Waals surface area (Å²) in [5.41, 5.74) is 6.33. The highest BCUT2D eigenvalue weighted by Gasteiger charge is 2.22. The van der Waals surface area contributed by atoms with E-state index in [2.05, 4.69) is 15.5 Å². The van der Waals surface area contributed by atoms with Gasteiger partial charge in [-0.2, -0.15) is 4.68 Å². The predicted octanol–water partition coefficient (Wildman–Crippen LogP) is 0.856. The summed E-state index contributed by atoms with van der Waals surface area (Å²) >= 11 is 0. The molecule has 2 aromatic rings. The van der Waals surface area contributed by atoms with Gasteiger partial charge in [-0.15, -0.1) is 5.10 Å². The molecule has 1 aromatic heterocycles. The van der Waals surface area contributed by atoms with Gasteiger partial charge in [0.25, 0.3) is 0 Å². The molecule has 0 saturated heterocycles. The summed E-state index contributed by atoms with van der Waals surface area (Å²) in [6, 6.07) is 9.69. The van der Waals surface area contributed by atoms with E-state index in [9.17, 15) is 0 Å². The molecule has 0 aliphatic carbocycles. The zero-order valence-electron chi connectivity index (χ0n) is 8.75. The molecule has 0 saturated carbocycles. The summed E-state index contributed by atoms with van der Waals surface area (Å²) in [6.45, 7) is 3.75. The Bertz CT molecular complexity index is 440. The van der Waals surface area contributed by atoms with E-state index in [-0.39, 0.29) is 0 Å². The molecule has 2 N–H and O–H groups in total. The zero-order chi connectivity index (χ0) is 10.9. The minimum absolute atomic E-state index is 0.556. The van der Waals surface area contributed by atoms with E-state index in [4.69, 9.17) is 5.73 Å². The molecule has 0 spiro atoms. The van der Waals surface area contributed by atoms with Crippen molar-refractivity contribution in [3.8, 4) is 5.69 Å². The molecule has 0 fully saturated rings. The lowest BCUT2D eigenvalue weighted by Crippen LogP contribution is -2.32. The SMILES string of the molecule is CC(C)(N)c1nnnn1-c1ccccc1. The number of tetrazole rings is 1. The number of hydrogen-bond donors (Lipinski definition) is 1. The highest BCUT2D eigenvalue weighted by atomic mass is 15.5. The first-order chi connectivity index (χ1) is 7.09. The second kappa shape index (κ2) is 3.43. The van der Waals surface area contributed by atoms with Gasteiger partial charge in [0, 0.05) is 0 Å². The molecule has 1 heterocycles. The number of nitrogens with zero attached hydrogens (tertiary/aromatic N) is 4. The van der Waals surface area contributed by atoms with Crippen molar-refractivity contribution in [3.63, 3.8) is 0 Å². The molecule has 5 heteroatoms. The Kier molecular flexibility index (Phi) is 2.24. The van der Waals surface area contributed by atoms with Crippen molar-refractivity contribution < 1.29 is 0 Å². The molecule has 0 amide bonds. The molecule has 0 bridgehead atoms. The lowest BCUT2D eigenvalue weighted by molar-refractivity contribution is 0.497. The van der Waals surface area contributed by atoms with Crippen LogP contribution in [0, 0.1) is 0 Å². The van der Waals surface area contributed by atoms with Crippen LogP contribution in [0.2, 0.25) is 0 Å². The summed E-state index contributed by atoms with van der Waals surface area (Å²) in [6.07, 6.45) is 0. The van der Waals surface area contributed by atoms with Crippen LogP contribution in [0.4, 0.5) is 0 Å². The highest BCUT2D eigenvalue weighted by Crippen LogP contribution is 2.16. The van der Waals surface area contributed by atoms with E-state index in [1.807, 2.05) is 44.2 Å². The lowest BCUT2D eigenvalue weighted by atomic mass is 10.1. The summed E-state index contributed by atoms with van der Waals surface area (Å²) < 4.78 is 1.65. The van der Waals surface area contributed by atoms with Crippen molar-refractivity contribution in [3.05, 3.63) is 36.2 Å². The van der Waals surface area contributed by atoms with Crippen molar-refractivity contribution in [2.75, 3.05) is 0 Å². The molecule has 0 radical (unpaired) electrons. The van der Waals surface area contributed by atoms with Gasteiger partial charge in [-0.3, -0.25) is 0 Å². The van der Waals surface area contributed by atoms with Gasteiger partial charge in [0.1, 0.15) is 0 Å². The van der Waals surface area contributed by atoms with Crippen molar-refractivity contribution in [2.24, 2.45) is 5.73 Å². The number of nitrogens with two attached hydrogens (primary N) is 1. The molecule has 15 heavy (non-hydrogen) atoms. The Labute approximate surface area is 87.9 Å². The van der Waals surface area contributed by atoms with E-state index in [0.717, 1.165) is 5.69 Å². The van der Waals surface area contributed by atoms with Crippen LogP contribution < -0.4 is 5.73 Å². The van der Waals surface area contributed by atoms with E-state index in [1.165, 1.54) is 0 Å². The molecular formula is C10H13N5. The average Bonchev–Trinajstić information content (AvgIpc) is 2.67. The largest absolute Gasteiger partial charge is 0.319 e. The second-order valence-electron chi connectivity index (χ2n) is 3.97. The molecule has 5 nitrogen and oxygen atoms in total. The molecule has 0 unspecified atom stereocenters. The van der Waals surface area contributed by atoms with E-state index in [0.29, 0.717) is 5.82 Å². The van der Waals surface area contributed by atoms with Gasteiger partial charge in [0.15, 0.2) is 5.82 Å². The van der Waals surface area contributed by atoms with Crippen molar-refractivity contribution >= 4 is 0 Å². The van der Waals surface area contributed by atoms with Gasteiger partial charge >= 0.3 is 0 Å². The summed E-state index contributed by atoms with van der Waals surface area (Å²) in [5, 5.41) is 11.5. The minimum atomic E-state index is -0.556. The van der Waals surface area contributed by atoms with E-state index in [1.54, 1.807) is 4.68 Å². The van der Waals surface area contributed by atoms with Gasteiger partial charge < -0.3 is 5.73 Å². The van der Waals surface area contributed by atoms with Crippen LogP contribution in [0.15, 0.2) is 30.3 Å². The third-order valence-electron chi connectivity index (χ3n) is 2.05. The van der Waals surface area contributed by atoms with Crippen LogP contribution in [0.1, 0.15) is 19.7 Å². The number of benzene rings is 1. The standard InChI is InChI=1S/C10H13N5/c1-10(2,11)9-12-13-14-15(9)8-6-4-3-5-7-8/h3-7H,11H2,1-2H3. The fourth-order valence-corrected chi connectivity index (χ4v) is 1.33. The summed E-state index contributed by atoms with van der Waals surface area (Å²) in [7, 11) is 0. The third-order valence-corrected chi connectivity index (χ3v) is 2.05. The number of para-hydroxylation sites is 1. The van der Waals surface area contributed by atoms with Crippen LogP contribution in [0.25, 0.3) is 5.69 Å². The molecule has 0 aliphatic heterocycles. The van der Waals surface area contributed by atoms with Crippen LogP contribution >= 0.6 is 0 Å². The molecule has 0 atom stereocenters. The van der Waals surface area contributed by atoms with E-state index >= 15 is 0 Å². The predicted molar refractivity (Wildman–Crippen MR) is 56.4 cm³/mol. The Hall–Kier alpha value is -1.75. The van der Waals surface area contributed by atoms with Crippen molar-refractivity contribution in [1.82, 2.24) is 20.2 Å². The Morgan fingerprint density at radius 3 is 2.47 bits per heavy atom. The van der Waals surface area contributed by atoms with Crippen LogP contribution in [0.3, 0.4) is 0 Å². The fraction of sp³-hybridized carbons (Fsp3) is 0.300. The van der Waals surface area contributed by atoms with Crippen LogP contribution in [-0.4, -0.2) is 20.2 Å².